The molecule has 0 aliphatic carbocycles. The molecule has 0 atom stereocenters. The summed E-state index contributed by atoms with van der Waals surface area (Å²) in [6.45, 7) is 0. The van der Waals surface area contributed by atoms with Crippen LogP contribution in [0.15, 0.2) is 52.9 Å². The van der Waals surface area contributed by atoms with Crippen molar-refractivity contribution in [2.75, 3.05) is 12.9 Å². The third kappa shape index (κ3) is 4.36. The Kier molecular flexibility index (Phi) is 5.36. The predicted octanol–water partition coefficient (Wildman–Crippen LogP) is 3.88. The minimum absolute atomic E-state index is 0.0499. The largest absolute Gasteiger partial charge is 0.497 e. The van der Waals surface area contributed by atoms with Crippen LogP contribution in [0, 0.1) is 0 Å². The highest BCUT2D eigenvalue weighted by Crippen LogP contribution is 2.27. The van der Waals surface area contributed by atoms with E-state index < -0.39 is 9.84 Å². The molecular formula is C17H15ClN2O3S2. The van der Waals surface area contributed by atoms with E-state index in [4.69, 9.17) is 16.3 Å². The van der Waals surface area contributed by atoms with E-state index in [1.54, 1.807) is 31.5 Å². The maximum absolute atomic E-state index is 12.4. The van der Waals surface area contributed by atoms with Gasteiger partial charge in [-0.2, -0.15) is 0 Å². The Morgan fingerprint density at radius 3 is 2.64 bits per heavy atom. The molecule has 25 heavy (non-hydrogen) atoms. The molecule has 3 rings (SSSR count). The highest BCUT2D eigenvalue weighted by Gasteiger charge is 2.18. The van der Waals surface area contributed by atoms with E-state index in [9.17, 15) is 8.42 Å². The van der Waals surface area contributed by atoms with Crippen LogP contribution in [0.2, 0.25) is 4.34 Å². The van der Waals surface area contributed by atoms with Crippen LogP contribution in [-0.2, 0) is 16.3 Å². The average molecular weight is 395 g/mol. The molecule has 3 heterocycles. The molecule has 0 saturated heterocycles. The molecule has 3 aromatic heterocycles. The number of aromatic nitrogens is 2. The summed E-state index contributed by atoms with van der Waals surface area (Å²) in [5.41, 5.74) is 1.98. The molecule has 0 aromatic carbocycles. The zero-order chi connectivity index (χ0) is 17.9. The second-order valence-electron chi connectivity index (χ2n) is 5.23. The lowest BCUT2D eigenvalue weighted by Gasteiger charge is -2.08. The summed E-state index contributed by atoms with van der Waals surface area (Å²) in [4.78, 5) is 8.80. The first-order valence-corrected chi connectivity index (χ1v) is 10.3. The molecule has 8 heteroatoms. The number of aryl methyl sites for hydroxylation is 1. The summed E-state index contributed by atoms with van der Waals surface area (Å²) >= 11 is 6.89. The van der Waals surface area contributed by atoms with Crippen LogP contribution in [-0.4, -0.2) is 31.2 Å². The van der Waals surface area contributed by atoms with Gasteiger partial charge in [0.2, 0.25) is 0 Å². The van der Waals surface area contributed by atoms with Crippen molar-refractivity contribution in [3.05, 3.63) is 58.7 Å². The summed E-state index contributed by atoms with van der Waals surface area (Å²) in [6.07, 6.45) is 1.95. The van der Waals surface area contributed by atoms with Gasteiger partial charge in [0.25, 0.3) is 0 Å². The monoisotopic (exact) mass is 394 g/mol. The molecule has 5 nitrogen and oxygen atoms in total. The van der Waals surface area contributed by atoms with Crippen molar-refractivity contribution < 1.29 is 13.2 Å². The molecule has 0 unspecified atom stereocenters. The summed E-state index contributed by atoms with van der Waals surface area (Å²) in [5.74, 6) is 0.563. The number of thiophene rings is 1. The van der Waals surface area contributed by atoms with E-state index in [0.717, 1.165) is 11.3 Å². The Morgan fingerprint density at radius 2 is 2.00 bits per heavy atom. The van der Waals surface area contributed by atoms with E-state index in [0.29, 0.717) is 27.2 Å². The van der Waals surface area contributed by atoms with Crippen molar-refractivity contribution >= 4 is 32.8 Å². The number of sulfone groups is 1. The van der Waals surface area contributed by atoms with Gasteiger partial charge in [0.05, 0.1) is 28.6 Å². The van der Waals surface area contributed by atoms with Crippen LogP contribution in [0.1, 0.15) is 5.69 Å². The molecule has 0 spiro atoms. The number of methoxy groups -OCH3 is 1. The topological polar surface area (TPSA) is 69.2 Å². The van der Waals surface area contributed by atoms with Crippen LogP contribution < -0.4 is 4.74 Å². The third-order valence-electron chi connectivity index (χ3n) is 3.50. The van der Waals surface area contributed by atoms with Crippen LogP contribution >= 0.6 is 22.9 Å². The molecule has 130 valence electrons. The first-order chi connectivity index (χ1) is 12.0. The molecule has 0 amide bonds. The van der Waals surface area contributed by atoms with Gasteiger partial charge < -0.3 is 4.74 Å². The lowest BCUT2D eigenvalue weighted by Crippen LogP contribution is -2.09. The average Bonchev–Trinajstić information content (AvgIpc) is 3.08. The highest BCUT2D eigenvalue weighted by atomic mass is 35.5. The van der Waals surface area contributed by atoms with Crippen molar-refractivity contribution in [3.63, 3.8) is 0 Å². The molecule has 0 fully saturated rings. The smallest absolute Gasteiger partial charge is 0.188 e. The van der Waals surface area contributed by atoms with E-state index in [-0.39, 0.29) is 16.4 Å². The van der Waals surface area contributed by atoms with E-state index in [2.05, 4.69) is 9.97 Å². The Hall–Kier alpha value is -1.96. The Bertz CT molecular complexity index is 973. The molecule has 0 bridgehead atoms. The number of nitrogens with zero attached hydrogens (tertiary/aromatic N) is 2. The van der Waals surface area contributed by atoms with Crippen LogP contribution in [0.3, 0.4) is 0 Å². The SMILES string of the molecule is COc1cc(CCS(=O)(=O)c2ccc(Cl)s2)nc(-c2ccccn2)c1. The summed E-state index contributed by atoms with van der Waals surface area (Å²) in [5, 5.41) is 0. The number of hydrogen-bond donors (Lipinski definition) is 0. The summed E-state index contributed by atoms with van der Waals surface area (Å²) in [7, 11) is -1.84. The van der Waals surface area contributed by atoms with Crippen molar-refractivity contribution in [3.8, 4) is 17.1 Å². The number of rotatable bonds is 6. The molecular weight excluding hydrogens is 380 g/mol. The van der Waals surface area contributed by atoms with E-state index in [1.807, 2.05) is 18.2 Å². The van der Waals surface area contributed by atoms with Gasteiger partial charge in [-0.05, 0) is 24.3 Å². The molecule has 0 N–H and O–H groups in total. The fourth-order valence-corrected chi connectivity index (χ4v) is 5.15. The van der Waals surface area contributed by atoms with Crippen molar-refractivity contribution in [1.82, 2.24) is 9.97 Å². The molecule has 3 aromatic rings. The van der Waals surface area contributed by atoms with Crippen LogP contribution in [0.5, 0.6) is 5.75 Å². The lowest BCUT2D eigenvalue weighted by molar-refractivity contribution is 0.414. The fraction of sp³-hybridized carbons (Fsp3) is 0.176. The second kappa shape index (κ2) is 7.51. The lowest BCUT2D eigenvalue weighted by atomic mass is 10.2. The van der Waals surface area contributed by atoms with Gasteiger partial charge >= 0.3 is 0 Å². The number of halogens is 1. The fourth-order valence-electron chi connectivity index (χ4n) is 2.26. The molecule has 0 aliphatic heterocycles. The van der Waals surface area contributed by atoms with E-state index in [1.165, 1.54) is 6.07 Å². The van der Waals surface area contributed by atoms with Gasteiger partial charge in [-0.15, -0.1) is 11.3 Å². The van der Waals surface area contributed by atoms with E-state index >= 15 is 0 Å². The van der Waals surface area contributed by atoms with Gasteiger partial charge in [-0.25, -0.2) is 8.42 Å². The van der Waals surface area contributed by atoms with Crippen molar-refractivity contribution in [1.29, 1.82) is 0 Å². The Morgan fingerprint density at radius 1 is 1.16 bits per heavy atom. The highest BCUT2D eigenvalue weighted by molar-refractivity contribution is 7.93. The van der Waals surface area contributed by atoms with Crippen LogP contribution in [0.4, 0.5) is 0 Å². The minimum atomic E-state index is -3.40. The number of ether oxygens (including phenoxy) is 1. The maximum Gasteiger partial charge on any atom is 0.188 e. The second-order valence-corrected chi connectivity index (χ2v) is 9.28. The zero-order valence-electron chi connectivity index (χ0n) is 13.3. The van der Waals surface area contributed by atoms with Gasteiger partial charge in [0.1, 0.15) is 9.96 Å². The Balaban J connectivity index is 1.85. The number of hydrogen-bond acceptors (Lipinski definition) is 6. The summed E-state index contributed by atoms with van der Waals surface area (Å²) in [6, 6.07) is 12.2. The summed E-state index contributed by atoms with van der Waals surface area (Å²) < 4.78 is 30.8. The normalized spacial score (nSPS) is 11.4. The zero-order valence-corrected chi connectivity index (χ0v) is 15.7. The van der Waals surface area contributed by atoms with Gasteiger partial charge in [-0.1, -0.05) is 17.7 Å². The van der Waals surface area contributed by atoms with Gasteiger partial charge in [0, 0.05) is 30.4 Å². The quantitative estimate of drug-likeness (QED) is 0.634. The van der Waals surface area contributed by atoms with Crippen molar-refractivity contribution in [2.24, 2.45) is 0 Å². The van der Waals surface area contributed by atoms with Crippen LogP contribution in [0.25, 0.3) is 11.4 Å². The predicted molar refractivity (Wildman–Crippen MR) is 99.1 cm³/mol. The third-order valence-corrected chi connectivity index (χ3v) is 7.03. The Labute approximate surface area is 155 Å². The number of pyridine rings is 2. The van der Waals surface area contributed by atoms with Gasteiger partial charge in [-0.3, -0.25) is 9.97 Å². The first kappa shape index (κ1) is 17.8. The van der Waals surface area contributed by atoms with Crippen molar-refractivity contribution in [2.45, 2.75) is 10.6 Å². The van der Waals surface area contributed by atoms with Gasteiger partial charge in [0.15, 0.2) is 9.84 Å². The maximum atomic E-state index is 12.4. The molecule has 0 saturated carbocycles. The molecule has 0 radical (unpaired) electrons. The molecule has 0 aliphatic rings. The standard InChI is InChI=1S/C17H15ClN2O3S2/c1-23-13-10-12(20-15(11-13)14-4-2-3-8-19-14)7-9-25(21,22)17-6-5-16(18)24-17/h2-6,8,10-11H,7,9H2,1H3. The first-order valence-electron chi connectivity index (χ1n) is 7.42. The minimum Gasteiger partial charge on any atom is -0.497 e.